The smallest absolute Gasteiger partial charge is 0.121 e. The van der Waals surface area contributed by atoms with Gasteiger partial charge in [0.05, 0.1) is 7.11 Å². The fraction of sp³-hybridized carbons (Fsp3) is 0.600. The van der Waals surface area contributed by atoms with Gasteiger partial charge in [0.1, 0.15) is 5.75 Å². The summed E-state index contributed by atoms with van der Waals surface area (Å²) in [4.78, 5) is 0. The zero-order chi connectivity index (χ0) is 13.6. The molecule has 1 aromatic rings. The predicted molar refractivity (Wildman–Crippen MR) is 77.1 cm³/mol. The molecular formula is C15H26N2O. The summed E-state index contributed by atoms with van der Waals surface area (Å²) in [6.45, 7) is 9.08. The zero-order valence-corrected chi connectivity index (χ0v) is 12.0. The molecule has 0 fully saturated rings. The van der Waals surface area contributed by atoms with Crippen LogP contribution in [0.5, 0.6) is 5.75 Å². The molecule has 0 radical (unpaired) electrons. The average Bonchev–Trinajstić information content (AvgIpc) is 2.35. The quantitative estimate of drug-likeness (QED) is 0.729. The number of rotatable bonds is 7. The fourth-order valence-corrected chi connectivity index (χ4v) is 1.83. The van der Waals surface area contributed by atoms with Gasteiger partial charge in [0.25, 0.3) is 0 Å². The average molecular weight is 250 g/mol. The van der Waals surface area contributed by atoms with Crippen LogP contribution in [0.3, 0.4) is 0 Å². The molecule has 0 saturated carbocycles. The molecule has 0 bridgehead atoms. The Kier molecular flexibility index (Phi) is 5.63. The van der Waals surface area contributed by atoms with Crippen LogP contribution in [0, 0.1) is 12.3 Å². The van der Waals surface area contributed by atoms with E-state index in [4.69, 9.17) is 10.5 Å². The molecule has 1 aromatic carbocycles. The molecule has 102 valence electrons. The predicted octanol–water partition coefficient (Wildman–Crippen LogP) is 2.12. The Morgan fingerprint density at radius 1 is 1.33 bits per heavy atom. The summed E-state index contributed by atoms with van der Waals surface area (Å²) in [5.74, 6) is 0.955. The van der Waals surface area contributed by atoms with E-state index in [1.807, 2.05) is 6.07 Å². The standard InChI is InChI=1S/C15H26N2O/c1-12-9-13(5-6-14(12)18-4)7-8-17-11-15(2,3)10-16/h5-6,9,17H,7-8,10-11,16H2,1-4H3. The summed E-state index contributed by atoms with van der Waals surface area (Å²) in [5.41, 5.74) is 8.41. The number of aryl methyl sites for hydroxylation is 1. The van der Waals surface area contributed by atoms with E-state index in [1.165, 1.54) is 11.1 Å². The minimum absolute atomic E-state index is 0.176. The SMILES string of the molecule is COc1ccc(CCNCC(C)(C)CN)cc1C. The summed E-state index contributed by atoms with van der Waals surface area (Å²) in [6.07, 6.45) is 1.03. The molecule has 3 nitrogen and oxygen atoms in total. The monoisotopic (exact) mass is 250 g/mol. The van der Waals surface area contributed by atoms with Gasteiger partial charge >= 0.3 is 0 Å². The van der Waals surface area contributed by atoms with Gasteiger partial charge in [-0.25, -0.2) is 0 Å². The first-order valence-corrected chi connectivity index (χ1v) is 6.53. The van der Waals surface area contributed by atoms with Gasteiger partial charge in [-0.2, -0.15) is 0 Å². The minimum Gasteiger partial charge on any atom is -0.496 e. The molecule has 0 spiro atoms. The zero-order valence-electron chi connectivity index (χ0n) is 12.0. The van der Waals surface area contributed by atoms with Gasteiger partial charge < -0.3 is 15.8 Å². The Labute approximate surface area is 111 Å². The van der Waals surface area contributed by atoms with E-state index in [0.29, 0.717) is 6.54 Å². The van der Waals surface area contributed by atoms with Crippen LogP contribution < -0.4 is 15.8 Å². The number of benzene rings is 1. The van der Waals surface area contributed by atoms with Gasteiger partial charge in [0.2, 0.25) is 0 Å². The Hall–Kier alpha value is -1.06. The lowest BCUT2D eigenvalue weighted by Crippen LogP contribution is -2.36. The molecule has 0 aliphatic carbocycles. The van der Waals surface area contributed by atoms with E-state index in [0.717, 1.165) is 25.3 Å². The van der Waals surface area contributed by atoms with E-state index < -0.39 is 0 Å². The third kappa shape index (κ3) is 4.67. The number of nitrogens with two attached hydrogens (primary N) is 1. The van der Waals surface area contributed by atoms with Crippen molar-refractivity contribution in [1.29, 1.82) is 0 Å². The van der Waals surface area contributed by atoms with E-state index in [1.54, 1.807) is 7.11 Å². The van der Waals surface area contributed by atoms with Crippen molar-refractivity contribution in [1.82, 2.24) is 5.32 Å². The summed E-state index contributed by atoms with van der Waals surface area (Å²) in [5, 5.41) is 3.46. The van der Waals surface area contributed by atoms with Crippen molar-refractivity contribution in [3.8, 4) is 5.75 Å². The number of hydrogen-bond acceptors (Lipinski definition) is 3. The van der Waals surface area contributed by atoms with Crippen LogP contribution in [-0.2, 0) is 6.42 Å². The van der Waals surface area contributed by atoms with Gasteiger partial charge in [0.15, 0.2) is 0 Å². The lowest BCUT2D eigenvalue weighted by Gasteiger charge is -2.22. The molecule has 0 unspecified atom stereocenters. The summed E-state index contributed by atoms with van der Waals surface area (Å²) in [7, 11) is 1.71. The number of ether oxygens (including phenoxy) is 1. The molecule has 0 aliphatic heterocycles. The van der Waals surface area contributed by atoms with Gasteiger partial charge in [-0.3, -0.25) is 0 Å². The number of hydrogen-bond donors (Lipinski definition) is 2. The second kappa shape index (κ2) is 6.76. The molecule has 0 aliphatic rings. The Balaban J connectivity index is 2.38. The van der Waals surface area contributed by atoms with E-state index in [-0.39, 0.29) is 5.41 Å². The maximum absolute atomic E-state index is 5.70. The third-order valence-corrected chi connectivity index (χ3v) is 3.21. The van der Waals surface area contributed by atoms with Crippen molar-refractivity contribution in [3.63, 3.8) is 0 Å². The highest BCUT2D eigenvalue weighted by Crippen LogP contribution is 2.18. The van der Waals surface area contributed by atoms with Crippen molar-refractivity contribution in [2.45, 2.75) is 27.2 Å². The van der Waals surface area contributed by atoms with Crippen LogP contribution in [0.4, 0.5) is 0 Å². The third-order valence-electron chi connectivity index (χ3n) is 3.21. The first kappa shape index (κ1) is 15.0. The molecule has 0 saturated heterocycles. The van der Waals surface area contributed by atoms with Crippen LogP contribution in [-0.4, -0.2) is 26.7 Å². The highest BCUT2D eigenvalue weighted by molar-refractivity contribution is 5.36. The first-order chi connectivity index (χ1) is 8.48. The van der Waals surface area contributed by atoms with Crippen molar-refractivity contribution >= 4 is 0 Å². The van der Waals surface area contributed by atoms with Crippen LogP contribution in [0.25, 0.3) is 0 Å². The normalized spacial score (nSPS) is 11.6. The van der Waals surface area contributed by atoms with E-state index >= 15 is 0 Å². The summed E-state index contributed by atoms with van der Waals surface area (Å²) < 4.78 is 5.26. The van der Waals surface area contributed by atoms with Gasteiger partial charge in [0, 0.05) is 6.54 Å². The maximum atomic E-state index is 5.70. The largest absolute Gasteiger partial charge is 0.496 e. The molecule has 3 N–H and O–H groups in total. The number of nitrogens with one attached hydrogen (secondary N) is 1. The second-order valence-corrected chi connectivity index (χ2v) is 5.60. The second-order valence-electron chi connectivity index (χ2n) is 5.60. The van der Waals surface area contributed by atoms with E-state index in [9.17, 15) is 0 Å². The maximum Gasteiger partial charge on any atom is 0.121 e. The van der Waals surface area contributed by atoms with Crippen LogP contribution in [0.1, 0.15) is 25.0 Å². The molecule has 3 heteroatoms. The molecule has 1 rings (SSSR count). The summed E-state index contributed by atoms with van der Waals surface area (Å²) in [6, 6.07) is 6.35. The van der Waals surface area contributed by atoms with Crippen molar-refractivity contribution in [2.24, 2.45) is 11.1 Å². The van der Waals surface area contributed by atoms with Crippen molar-refractivity contribution in [3.05, 3.63) is 29.3 Å². The fourth-order valence-electron chi connectivity index (χ4n) is 1.83. The van der Waals surface area contributed by atoms with Crippen molar-refractivity contribution in [2.75, 3.05) is 26.7 Å². The van der Waals surface area contributed by atoms with E-state index in [2.05, 4.69) is 38.2 Å². The Morgan fingerprint density at radius 2 is 2.06 bits per heavy atom. The minimum atomic E-state index is 0.176. The molecule has 0 amide bonds. The number of methoxy groups -OCH3 is 1. The highest BCUT2D eigenvalue weighted by Gasteiger charge is 2.14. The van der Waals surface area contributed by atoms with Gasteiger partial charge in [-0.1, -0.05) is 26.0 Å². The van der Waals surface area contributed by atoms with Crippen molar-refractivity contribution < 1.29 is 4.74 Å². The highest BCUT2D eigenvalue weighted by atomic mass is 16.5. The first-order valence-electron chi connectivity index (χ1n) is 6.53. The van der Waals surface area contributed by atoms with Gasteiger partial charge in [-0.15, -0.1) is 0 Å². The Bertz CT molecular complexity index is 375. The topological polar surface area (TPSA) is 47.3 Å². The lowest BCUT2D eigenvalue weighted by atomic mass is 9.94. The molecule has 0 atom stereocenters. The molecule has 0 heterocycles. The molecular weight excluding hydrogens is 224 g/mol. The van der Waals surface area contributed by atoms with Crippen LogP contribution in [0.2, 0.25) is 0 Å². The van der Waals surface area contributed by atoms with Gasteiger partial charge in [-0.05, 0) is 49.0 Å². The molecule has 18 heavy (non-hydrogen) atoms. The van der Waals surface area contributed by atoms with Crippen LogP contribution >= 0.6 is 0 Å². The Morgan fingerprint density at radius 3 is 2.61 bits per heavy atom. The lowest BCUT2D eigenvalue weighted by molar-refractivity contribution is 0.353. The van der Waals surface area contributed by atoms with Crippen LogP contribution in [0.15, 0.2) is 18.2 Å². The summed E-state index contributed by atoms with van der Waals surface area (Å²) >= 11 is 0. The molecule has 0 aromatic heterocycles.